The van der Waals surface area contributed by atoms with E-state index < -0.39 is 0 Å². The predicted molar refractivity (Wildman–Crippen MR) is 91.8 cm³/mol. The van der Waals surface area contributed by atoms with Crippen LogP contribution in [-0.2, 0) is 0 Å². The van der Waals surface area contributed by atoms with Gasteiger partial charge in [-0.15, -0.1) is 0 Å². The minimum absolute atomic E-state index is 0.212. The maximum Gasteiger partial charge on any atom is 0.274 e. The molecule has 0 saturated heterocycles. The third kappa shape index (κ3) is 3.67. The topological polar surface area (TPSA) is 66.9 Å². The normalized spacial score (nSPS) is 14.7. The van der Waals surface area contributed by atoms with Crippen LogP contribution in [-0.4, -0.2) is 21.9 Å². The highest BCUT2D eigenvalue weighted by molar-refractivity contribution is 6.03. The van der Waals surface area contributed by atoms with Crippen LogP contribution in [0, 0.1) is 13.8 Å². The van der Waals surface area contributed by atoms with E-state index in [0.717, 1.165) is 35.5 Å². The highest BCUT2D eigenvalue weighted by Gasteiger charge is 2.16. The molecule has 23 heavy (non-hydrogen) atoms. The number of aromatic nitrogens is 2. The molecule has 3 rings (SSSR count). The van der Waals surface area contributed by atoms with E-state index in [9.17, 15) is 4.79 Å². The fourth-order valence-corrected chi connectivity index (χ4v) is 2.91. The Morgan fingerprint density at radius 1 is 1.17 bits per heavy atom. The second-order valence-electron chi connectivity index (χ2n) is 6.12. The van der Waals surface area contributed by atoms with E-state index in [-0.39, 0.29) is 5.91 Å². The van der Waals surface area contributed by atoms with Crippen molar-refractivity contribution in [3.63, 3.8) is 0 Å². The van der Waals surface area contributed by atoms with Gasteiger partial charge in [0.25, 0.3) is 5.91 Å². The van der Waals surface area contributed by atoms with Crippen molar-refractivity contribution in [2.24, 2.45) is 0 Å². The molecular formula is C18H22N4O. The van der Waals surface area contributed by atoms with Crippen molar-refractivity contribution < 1.29 is 4.79 Å². The summed E-state index contributed by atoms with van der Waals surface area (Å²) in [6.45, 7) is 4.03. The number of anilines is 2. The minimum atomic E-state index is -0.212. The van der Waals surface area contributed by atoms with Crippen molar-refractivity contribution in [2.75, 3.05) is 10.6 Å². The molecule has 0 unspecified atom stereocenters. The molecule has 5 nitrogen and oxygen atoms in total. The number of carbonyl (C=O) groups is 1. The van der Waals surface area contributed by atoms with Crippen LogP contribution in [0.15, 0.2) is 30.6 Å². The second-order valence-corrected chi connectivity index (χ2v) is 6.12. The fraction of sp³-hybridized carbons (Fsp3) is 0.389. The first kappa shape index (κ1) is 15.5. The smallest absolute Gasteiger partial charge is 0.274 e. The van der Waals surface area contributed by atoms with Gasteiger partial charge in [0, 0.05) is 17.8 Å². The molecule has 0 spiro atoms. The van der Waals surface area contributed by atoms with E-state index in [4.69, 9.17) is 0 Å². The molecule has 1 fully saturated rings. The zero-order valence-electron chi connectivity index (χ0n) is 13.6. The Hall–Kier alpha value is -2.43. The molecule has 0 bridgehead atoms. The van der Waals surface area contributed by atoms with Crippen LogP contribution >= 0.6 is 0 Å². The van der Waals surface area contributed by atoms with Crippen molar-refractivity contribution in [2.45, 2.75) is 45.6 Å². The van der Waals surface area contributed by atoms with E-state index in [2.05, 4.69) is 20.6 Å². The number of rotatable bonds is 4. The Morgan fingerprint density at radius 3 is 2.74 bits per heavy atom. The average Bonchev–Trinajstić information content (AvgIpc) is 3.05. The van der Waals surface area contributed by atoms with Crippen molar-refractivity contribution in [3.05, 3.63) is 47.4 Å². The van der Waals surface area contributed by atoms with Gasteiger partial charge in [0.2, 0.25) is 0 Å². The molecule has 1 aromatic heterocycles. The maximum atomic E-state index is 12.4. The molecule has 1 amide bonds. The van der Waals surface area contributed by atoms with Gasteiger partial charge in [-0.2, -0.15) is 0 Å². The third-order valence-electron chi connectivity index (χ3n) is 4.46. The van der Waals surface area contributed by atoms with Crippen LogP contribution in [0.3, 0.4) is 0 Å². The molecule has 2 aromatic rings. The zero-order chi connectivity index (χ0) is 16.2. The zero-order valence-corrected chi connectivity index (χ0v) is 13.6. The lowest BCUT2D eigenvalue weighted by Crippen LogP contribution is -2.18. The molecule has 120 valence electrons. The van der Waals surface area contributed by atoms with Gasteiger partial charge < -0.3 is 10.6 Å². The minimum Gasteiger partial charge on any atom is -0.367 e. The standard InChI is InChI=1S/C18H22N4O/c1-12-6-5-9-15(13(12)2)22-18(23)16-10-17(20-11-19-16)21-14-7-3-4-8-14/h5-6,9-11,14H,3-4,7-8H2,1-2H3,(H,22,23)(H,19,20,21). The lowest BCUT2D eigenvalue weighted by atomic mass is 10.1. The molecule has 0 aliphatic heterocycles. The Balaban J connectivity index is 1.73. The second kappa shape index (κ2) is 6.77. The van der Waals surface area contributed by atoms with E-state index in [1.165, 1.54) is 19.2 Å². The third-order valence-corrected chi connectivity index (χ3v) is 4.46. The highest BCUT2D eigenvalue weighted by Crippen LogP contribution is 2.22. The predicted octanol–water partition coefficient (Wildman–Crippen LogP) is 3.70. The number of carbonyl (C=O) groups excluding carboxylic acids is 1. The SMILES string of the molecule is Cc1cccc(NC(=O)c2cc(NC3CCCC3)ncn2)c1C. The molecular weight excluding hydrogens is 288 g/mol. The fourth-order valence-electron chi connectivity index (χ4n) is 2.91. The first-order valence-corrected chi connectivity index (χ1v) is 8.09. The monoisotopic (exact) mass is 310 g/mol. The summed E-state index contributed by atoms with van der Waals surface area (Å²) in [5, 5.41) is 6.32. The lowest BCUT2D eigenvalue weighted by molar-refractivity contribution is 0.102. The van der Waals surface area contributed by atoms with Crippen molar-refractivity contribution in [1.29, 1.82) is 0 Å². The number of hydrogen-bond donors (Lipinski definition) is 2. The van der Waals surface area contributed by atoms with Crippen LogP contribution in [0.5, 0.6) is 0 Å². The summed E-state index contributed by atoms with van der Waals surface area (Å²) in [5.41, 5.74) is 3.41. The van der Waals surface area contributed by atoms with Crippen molar-refractivity contribution >= 4 is 17.4 Å². The van der Waals surface area contributed by atoms with Gasteiger partial charge in [-0.05, 0) is 43.9 Å². The molecule has 2 N–H and O–H groups in total. The number of nitrogens with one attached hydrogen (secondary N) is 2. The molecule has 1 saturated carbocycles. The summed E-state index contributed by atoms with van der Waals surface area (Å²) in [4.78, 5) is 20.8. The van der Waals surface area contributed by atoms with Crippen LogP contribution in [0.25, 0.3) is 0 Å². The van der Waals surface area contributed by atoms with Crippen LogP contribution in [0.2, 0.25) is 0 Å². The van der Waals surface area contributed by atoms with Crippen molar-refractivity contribution in [3.8, 4) is 0 Å². The van der Waals surface area contributed by atoms with Gasteiger partial charge in [0.15, 0.2) is 0 Å². The summed E-state index contributed by atoms with van der Waals surface area (Å²) in [6, 6.07) is 8.04. The first-order valence-electron chi connectivity index (χ1n) is 8.09. The summed E-state index contributed by atoms with van der Waals surface area (Å²) in [7, 11) is 0. The van der Waals surface area contributed by atoms with Crippen LogP contribution in [0.1, 0.15) is 47.3 Å². The molecule has 0 radical (unpaired) electrons. The van der Waals surface area contributed by atoms with E-state index in [1.807, 2.05) is 32.0 Å². The molecule has 0 atom stereocenters. The molecule has 1 aliphatic carbocycles. The van der Waals surface area contributed by atoms with E-state index in [0.29, 0.717) is 11.7 Å². The molecule has 1 aromatic carbocycles. The quantitative estimate of drug-likeness (QED) is 0.903. The number of benzene rings is 1. The number of aryl methyl sites for hydroxylation is 1. The lowest BCUT2D eigenvalue weighted by Gasteiger charge is -2.13. The van der Waals surface area contributed by atoms with Gasteiger partial charge in [-0.25, -0.2) is 9.97 Å². The Kier molecular flexibility index (Phi) is 4.55. The number of hydrogen-bond acceptors (Lipinski definition) is 4. The van der Waals surface area contributed by atoms with Gasteiger partial charge in [-0.1, -0.05) is 25.0 Å². The first-order chi connectivity index (χ1) is 11.1. The Bertz CT molecular complexity index is 708. The summed E-state index contributed by atoms with van der Waals surface area (Å²) < 4.78 is 0. The molecule has 1 heterocycles. The Labute approximate surface area is 136 Å². The Morgan fingerprint density at radius 2 is 1.96 bits per heavy atom. The molecule has 1 aliphatic rings. The van der Waals surface area contributed by atoms with Crippen molar-refractivity contribution in [1.82, 2.24) is 9.97 Å². The van der Waals surface area contributed by atoms with Gasteiger partial charge in [0.1, 0.15) is 17.8 Å². The van der Waals surface area contributed by atoms with Crippen LogP contribution < -0.4 is 10.6 Å². The average molecular weight is 310 g/mol. The highest BCUT2D eigenvalue weighted by atomic mass is 16.1. The summed E-state index contributed by atoms with van der Waals surface area (Å²) >= 11 is 0. The summed E-state index contributed by atoms with van der Waals surface area (Å²) in [6.07, 6.45) is 6.27. The van der Waals surface area contributed by atoms with Gasteiger partial charge in [-0.3, -0.25) is 4.79 Å². The van der Waals surface area contributed by atoms with E-state index >= 15 is 0 Å². The number of nitrogens with zero attached hydrogens (tertiary/aromatic N) is 2. The summed E-state index contributed by atoms with van der Waals surface area (Å²) in [5.74, 6) is 0.508. The van der Waals surface area contributed by atoms with E-state index in [1.54, 1.807) is 6.07 Å². The van der Waals surface area contributed by atoms with Crippen LogP contribution in [0.4, 0.5) is 11.5 Å². The van der Waals surface area contributed by atoms with Gasteiger partial charge in [0.05, 0.1) is 0 Å². The molecule has 5 heteroatoms. The largest absolute Gasteiger partial charge is 0.367 e. The number of amides is 1. The van der Waals surface area contributed by atoms with Gasteiger partial charge >= 0.3 is 0 Å². The maximum absolute atomic E-state index is 12.4.